The Morgan fingerprint density at radius 3 is 1.23 bits per heavy atom. The highest BCUT2D eigenvalue weighted by atomic mass is 16.4. The fourth-order valence-corrected chi connectivity index (χ4v) is 5.85. The predicted molar refractivity (Wildman–Crippen MR) is 177 cm³/mol. The van der Waals surface area contributed by atoms with Crippen molar-refractivity contribution >= 4 is 23.8 Å². The van der Waals surface area contributed by atoms with Gasteiger partial charge in [-0.2, -0.15) is 0 Å². The summed E-state index contributed by atoms with van der Waals surface area (Å²) in [7, 11) is 0. The van der Waals surface area contributed by atoms with Crippen molar-refractivity contribution in [1.82, 2.24) is 9.80 Å². The maximum atomic E-state index is 12.1. The molecule has 0 aromatic carbocycles. The van der Waals surface area contributed by atoms with Crippen LogP contribution in [0.5, 0.6) is 0 Å². The quantitative estimate of drug-likeness (QED) is 0.105. The van der Waals surface area contributed by atoms with Crippen molar-refractivity contribution < 1.29 is 29.4 Å². The lowest BCUT2D eigenvalue weighted by Crippen LogP contribution is -2.37. The summed E-state index contributed by atoms with van der Waals surface area (Å²) in [5.41, 5.74) is 0. The molecular weight excluding hydrogens is 556 g/mol. The van der Waals surface area contributed by atoms with E-state index >= 15 is 0 Å². The second kappa shape index (κ2) is 25.7. The minimum atomic E-state index is -0.722. The zero-order valence-electron chi connectivity index (χ0n) is 27.9. The molecule has 252 valence electrons. The van der Waals surface area contributed by atoms with E-state index in [0.717, 1.165) is 77.5 Å². The van der Waals surface area contributed by atoms with E-state index in [1.165, 1.54) is 64.2 Å². The molecule has 2 aliphatic rings. The van der Waals surface area contributed by atoms with Crippen LogP contribution >= 0.6 is 0 Å². The maximum absolute atomic E-state index is 12.1. The number of piperidine rings is 2. The molecule has 0 aromatic rings. The molecule has 2 saturated heterocycles. The van der Waals surface area contributed by atoms with Crippen molar-refractivity contribution in [2.24, 2.45) is 11.8 Å². The molecule has 0 aliphatic carbocycles. The SMILES string of the molecule is CCCCCCCC=CC(=O)N1CCC(CCC(=O)O)CC1.CCCCCCCC=CC(=O)N1CCC(CCC(=O)O)CC1. The molecule has 0 spiro atoms. The second-order valence-electron chi connectivity index (χ2n) is 12.6. The first-order valence-electron chi connectivity index (χ1n) is 17.6. The molecule has 0 radical (unpaired) electrons. The van der Waals surface area contributed by atoms with Crippen molar-refractivity contribution in [2.75, 3.05) is 26.2 Å². The third-order valence-corrected chi connectivity index (χ3v) is 8.85. The minimum absolute atomic E-state index is 0.116. The predicted octanol–water partition coefficient (Wildman–Crippen LogP) is 8.01. The van der Waals surface area contributed by atoms with Crippen LogP contribution in [0.3, 0.4) is 0 Å². The fourth-order valence-electron chi connectivity index (χ4n) is 5.85. The largest absolute Gasteiger partial charge is 0.481 e. The van der Waals surface area contributed by atoms with Gasteiger partial charge in [-0.1, -0.05) is 77.4 Å². The number of nitrogens with zero attached hydrogens (tertiary/aromatic N) is 2. The zero-order valence-corrected chi connectivity index (χ0v) is 27.9. The summed E-state index contributed by atoms with van der Waals surface area (Å²) in [5.74, 6) is -0.290. The Kier molecular flexibility index (Phi) is 23.0. The van der Waals surface area contributed by atoms with Gasteiger partial charge in [0.25, 0.3) is 0 Å². The second-order valence-corrected chi connectivity index (χ2v) is 12.6. The highest BCUT2D eigenvalue weighted by molar-refractivity contribution is 5.88. The molecule has 8 heteroatoms. The van der Waals surface area contributed by atoms with Gasteiger partial charge >= 0.3 is 11.9 Å². The van der Waals surface area contributed by atoms with Gasteiger partial charge in [-0.3, -0.25) is 19.2 Å². The molecule has 0 aromatic heterocycles. The van der Waals surface area contributed by atoms with E-state index in [9.17, 15) is 19.2 Å². The van der Waals surface area contributed by atoms with Crippen molar-refractivity contribution in [1.29, 1.82) is 0 Å². The smallest absolute Gasteiger partial charge is 0.303 e. The van der Waals surface area contributed by atoms with Crippen LogP contribution in [-0.4, -0.2) is 69.9 Å². The van der Waals surface area contributed by atoms with Gasteiger partial charge in [-0.25, -0.2) is 0 Å². The normalized spacial score (nSPS) is 16.3. The van der Waals surface area contributed by atoms with E-state index in [1.54, 1.807) is 12.2 Å². The van der Waals surface area contributed by atoms with Gasteiger partial charge in [-0.15, -0.1) is 0 Å². The number of carbonyl (C=O) groups excluding carboxylic acids is 2. The first kappa shape index (κ1) is 39.4. The van der Waals surface area contributed by atoms with Gasteiger partial charge in [0.05, 0.1) is 0 Å². The standard InChI is InChI=1S/2C18H31NO3/c2*1-2-3-4-5-6-7-8-9-17(20)19-14-12-16(13-15-19)10-11-18(21)22/h2*8-9,16H,2-7,10-15H2,1H3,(H,21,22). The van der Waals surface area contributed by atoms with E-state index < -0.39 is 11.9 Å². The number of unbranched alkanes of at least 4 members (excludes halogenated alkanes) is 10. The number of allylic oxidation sites excluding steroid dienone is 2. The topological polar surface area (TPSA) is 115 Å². The number of hydrogen-bond acceptors (Lipinski definition) is 4. The molecule has 2 N–H and O–H groups in total. The van der Waals surface area contributed by atoms with Crippen LogP contribution in [0.25, 0.3) is 0 Å². The van der Waals surface area contributed by atoms with Crippen LogP contribution < -0.4 is 0 Å². The van der Waals surface area contributed by atoms with Gasteiger partial charge < -0.3 is 20.0 Å². The van der Waals surface area contributed by atoms with Crippen LogP contribution in [0, 0.1) is 11.8 Å². The van der Waals surface area contributed by atoms with E-state index in [-0.39, 0.29) is 24.7 Å². The lowest BCUT2D eigenvalue weighted by Gasteiger charge is -2.31. The summed E-state index contributed by atoms with van der Waals surface area (Å²) < 4.78 is 0. The molecule has 0 atom stereocenters. The van der Waals surface area contributed by atoms with Crippen LogP contribution in [-0.2, 0) is 19.2 Å². The van der Waals surface area contributed by atoms with Crippen molar-refractivity contribution in [3.05, 3.63) is 24.3 Å². The van der Waals surface area contributed by atoms with Gasteiger partial charge in [0, 0.05) is 39.0 Å². The Labute approximate surface area is 267 Å². The summed E-state index contributed by atoms with van der Waals surface area (Å²) in [5, 5.41) is 17.4. The third-order valence-electron chi connectivity index (χ3n) is 8.85. The molecule has 0 saturated carbocycles. The van der Waals surface area contributed by atoms with Crippen LogP contribution in [0.15, 0.2) is 24.3 Å². The Hall–Kier alpha value is -2.64. The average molecular weight is 619 g/mol. The monoisotopic (exact) mass is 618 g/mol. The Morgan fingerprint density at radius 2 is 0.909 bits per heavy atom. The van der Waals surface area contributed by atoms with E-state index in [1.807, 2.05) is 22.0 Å². The summed E-state index contributed by atoms with van der Waals surface area (Å²) >= 11 is 0. The number of likely N-dealkylation sites (tertiary alicyclic amines) is 2. The molecule has 0 unspecified atom stereocenters. The van der Waals surface area contributed by atoms with Crippen LogP contribution in [0.1, 0.15) is 142 Å². The highest BCUT2D eigenvalue weighted by Crippen LogP contribution is 2.23. The van der Waals surface area contributed by atoms with Gasteiger partial charge in [0.2, 0.25) is 11.8 Å². The number of aliphatic carboxylic acids is 2. The first-order valence-corrected chi connectivity index (χ1v) is 17.6. The van der Waals surface area contributed by atoms with Crippen LogP contribution in [0.2, 0.25) is 0 Å². The Bertz CT molecular complexity index is 785. The number of amides is 2. The van der Waals surface area contributed by atoms with E-state index in [2.05, 4.69) is 13.8 Å². The molecular formula is C36H62N2O6. The summed E-state index contributed by atoms with van der Waals surface area (Å²) in [4.78, 5) is 49.0. The molecule has 2 heterocycles. The molecule has 2 aliphatic heterocycles. The molecule has 2 fully saturated rings. The molecule has 2 amide bonds. The van der Waals surface area contributed by atoms with Crippen LogP contribution in [0.4, 0.5) is 0 Å². The fraction of sp³-hybridized carbons (Fsp3) is 0.778. The van der Waals surface area contributed by atoms with Crippen molar-refractivity contribution in [2.45, 2.75) is 142 Å². The number of carboxylic acids is 2. The minimum Gasteiger partial charge on any atom is -0.481 e. The lowest BCUT2D eigenvalue weighted by molar-refractivity contribution is -0.138. The molecule has 2 rings (SSSR count). The van der Waals surface area contributed by atoms with Gasteiger partial charge in [-0.05, 0) is 88.2 Å². The van der Waals surface area contributed by atoms with Crippen molar-refractivity contribution in [3.8, 4) is 0 Å². The van der Waals surface area contributed by atoms with Gasteiger partial charge in [0.15, 0.2) is 0 Å². The summed E-state index contributed by atoms with van der Waals surface area (Å²) in [6, 6.07) is 0. The number of carbonyl (C=O) groups is 4. The van der Waals surface area contributed by atoms with Crippen molar-refractivity contribution in [3.63, 3.8) is 0 Å². The summed E-state index contributed by atoms with van der Waals surface area (Å²) in [6.45, 7) is 7.49. The molecule has 8 nitrogen and oxygen atoms in total. The number of carboxylic acid groups (broad SMARTS) is 2. The summed E-state index contributed by atoms with van der Waals surface area (Å²) in [6.07, 6.45) is 27.7. The zero-order chi connectivity index (χ0) is 32.4. The molecule has 0 bridgehead atoms. The third kappa shape index (κ3) is 20.3. The highest BCUT2D eigenvalue weighted by Gasteiger charge is 2.23. The van der Waals surface area contributed by atoms with Gasteiger partial charge in [0.1, 0.15) is 0 Å². The average Bonchev–Trinajstić information content (AvgIpc) is 3.02. The van der Waals surface area contributed by atoms with E-state index in [0.29, 0.717) is 11.8 Å². The Morgan fingerprint density at radius 1 is 0.568 bits per heavy atom. The number of hydrogen-bond donors (Lipinski definition) is 2. The Balaban J connectivity index is 0.000000440. The maximum Gasteiger partial charge on any atom is 0.303 e. The lowest BCUT2D eigenvalue weighted by atomic mass is 9.92. The molecule has 44 heavy (non-hydrogen) atoms. The van der Waals surface area contributed by atoms with E-state index in [4.69, 9.17) is 10.2 Å². The number of rotatable bonds is 20. The first-order chi connectivity index (χ1) is 21.3.